The van der Waals surface area contributed by atoms with Crippen molar-refractivity contribution in [3.63, 3.8) is 0 Å². The number of carbonyl (C=O) groups excluding carboxylic acids is 3. The molecule has 3 rings (SSSR count). The van der Waals surface area contributed by atoms with Crippen molar-refractivity contribution >= 4 is 50.6 Å². The second-order valence-electron chi connectivity index (χ2n) is 8.83. The number of halogens is 1. The van der Waals surface area contributed by atoms with Crippen LogP contribution < -0.4 is 5.32 Å². The quantitative estimate of drug-likeness (QED) is 0.320. The third-order valence-corrected chi connectivity index (χ3v) is 7.65. The van der Waals surface area contributed by atoms with Crippen LogP contribution in [0.5, 0.6) is 0 Å². The van der Waals surface area contributed by atoms with Gasteiger partial charge in [-0.25, -0.2) is 4.98 Å². The number of fused-ring (bicyclic) bond motifs is 1. The Hall–Kier alpha value is -2.60. The van der Waals surface area contributed by atoms with E-state index in [0.29, 0.717) is 37.5 Å². The normalized spacial score (nSPS) is 15.8. The number of aromatic nitrogens is 1. The first-order chi connectivity index (χ1) is 16.8. The van der Waals surface area contributed by atoms with Crippen LogP contribution in [0.15, 0.2) is 30.4 Å². The molecule has 0 unspecified atom stereocenters. The van der Waals surface area contributed by atoms with Crippen molar-refractivity contribution in [1.82, 2.24) is 10.3 Å². The molecule has 1 aromatic heterocycles. The van der Waals surface area contributed by atoms with Gasteiger partial charge in [-0.05, 0) is 43.4 Å². The number of rotatable bonds is 12. The number of nitrogens with one attached hydrogen (secondary N) is 1. The van der Waals surface area contributed by atoms with Gasteiger partial charge in [-0.15, -0.1) is 11.3 Å². The smallest absolute Gasteiger partial charge is 0.224 e. The summed E-state index contributed by atoms with van der Waals surface area (Å²) in [5.74, 6) is -0.928. The molecule has 2 aromatic rings. The first-order valence-electron chi connectivity index (χ1n) is 11.9. The lowest BCUT2D eigenvalue weighted by molar-refractivity contribution is -0.130. The maximum absolute atomic E-state index is 13.5. The van der Waals surface area contributed by atoms with Crippen LogP contribution in [0.4, 0.5) is 0 Å². The molecule has 1 aliphatic rings. The molecule has 0 saturated carbocycles. The molecule has 9 heteroatoms. The first kappa shape index (κ1) is 27.0. The number of nitriles is 1. The van der Waals surface area contributed by atoms with Gasteiger partial charge in [-0.2, -0.15) is 5.26 Å². The summed E-state index contributed by atoms with van der Waals surface area (Å²) in [5, 5.41) is 13.5. The highest BCUT2D eigenvalue weighted by atomic mass is 35.5. The predicted octanol–water partition coefficient (Wildman–Crippen LogP) is 4.82. The Balaban J connectivity index is 1.76. The lowest BCUT2D eigenvalue weighted by Gasteiger charge is -2.32. The molecule has 1 fully saturated rings. The van der Waals surface area contributed by atoms with Crippen molar-refractivity contribution in [3.8, 4) is 6.07 Å². The molecule has 2 atom stereocenters. The summed E-state index contributed by atoms with van der Waals surface area (Å²) in [4.78, 5) is 42.6. The SMILES string of the molecule is C=C(C#N)C(=O)CC[C@@H](NC(=O)[C@@H](CC(=O)CC)Cc1nc2ccc(Cl)cc2s1)C1CCOCC1. The summed E-state index contributed by atoms with van der Waals surface area (Å²) in [7, 11) is 0. The molecule has 7 nitrogen and oxygen atoms in total. The maximum atomic E-state index is 13.5. The van der Waals surface area contributed by atoms with E-state index in [2.05, 4.69) is 16.9 Å². The average molecular weight is 516 g/mol. The second-order valence-corrected chi connectivity index (χ2v) is 10.4. The van der Waals surface area contributed by atoms with Crippen LogP contribution in [-0.4, -0.2) is 41.7 Å². The molecular weight excluding hydrogens is 486 g/mol. The summed E-state index contributed by atoms with van der Waals surface area (Å²) in [6.07, 6.45) is 2.91. The Labute approximate surface area is 214 Å². The summed E-state index contributed by atoms with van der Waals surface area (Å²) in [6, 6.07) is 7.01. The number of ketones is 2. The van der Waals surface area contributed by atoms with E-state index in [1.165, 1.54) is 11.3 Å². The molecule has 1 aliphatic heterocycles. The Morgan fingerprint density at radius 1 is 1.34 bits per heavy atom. The fraction of sp³-hybridized carbons (Fsp3) is 0.500. The molecule has 0 spiro atoms. The molecule has 1 aromatic carbocycles. The van der Waals surface area contributed by atoms with E-state index in [-0.39, 0.29) is 47.8 Å². The lowest BCUT2D eigenvalue weighted by Crippen LogP contribution is -2.45. The number of thiazole rings is 1. The Morgan fingerprint density at radius 3 is 2.77 bits per heavy atom. The minimum Gasteiger partial charge on any atom is -0.381 e. The number of allylic oxidation sites excluding steroid dienone is 1. The molecule has 1 saturated heterocycles. The lowest BCUT2D eigenvalue weighted by atomic mass is 9.87. The Kier molecular flexibility index (Phi) is 9.96. The summed E-state index contributed by atoms with van der Waals surface area (Å²) in [5.41, 5.74) is 0.733. The number of Topliss-reactive ketones (excluding diaryl/α,β-unsaturated/α-hetero) is 2. The van der Waals surface area contributed by atoms with E-state index < -0.39 is 5.92 Å². The van der Waals surface area contributed by atoms with Gasteiger partial charge >= 0.3 is 0 Å². The third-order valence-electron chi connectivity index (χ3n) is 6.37. The van der Waals surface area contributed by atoms with Crippen LogP contribution in [0.1, 0.15) is 50.5 Å². The van der Waals surface area contributed by atoms with Crippen LogP contribution in [0.25, 0.3) is 10.2 Å². The van der Waals surface area contributed by atoms with Gasteiger partial charge in [-0.1, -0.05) is 25.1 Å². The number of carbonyl (C=O) groups is 3. The zero-order valence-corrected chi connectivity index (χ0v) is 21.4. The third kappa shape index (κ3) is 7.69. The molecule has 0 radical (unpaired) electrons. The van der Waals surface area contributed by atoms with Gasteiger partial charge in [-0.3, -0.25) is 14.4 Å². The minimum atomic E-state index is -0.564. The van der Waals surface area contributed by atoms with E-state index in [1.54, 1.807) is 19.1 Å². The van der Waals surface area contributed by atoms with Crippen LogP contribution in [0, 0.1) is 23.2 Å². The number of amides is 1. The van der Waals surface area contributed by atoms with Gasteiger partial charge in [0.2, 0.25) is 5.91 Å². The summed E-state index contributed by atoms with van der Waals surface area (Å²) >= 11 is 7.57. The number of ether oxygens (including phenoxy) is 1. The molecule has 1 N–H and O–H groups in total. The summed E-state index contributed by atoms with van der Waals surface area (Å²) < 4.78 is 6.40. The van der Waals surface area contributed by atoms with Gasteiger partial charge < -0.3 is 10.1 Å². The first-order valence-corrected chi connectivity index (χ1v) is 13.1. The number of hydrogen-bond donors (Lipinski definition) is 1. The zero-order chi connectivity index (χ0) is 25.4. The van der Waals surface area contributed by atoms with Crippen molar-refractivity contribution in [2.75, 3.05) is 13.2 Å². The van der Waals surface area contributed by atoms with Gasteiger partial charge in [0.15, 0.2) is 5.78 Å². The number of hydrogen-bond acceptors (Lipinski definition) is 7. The van der Waals surface area contributed by atoms with Crippen LogP contribution in [0.2, 0.25) is 5.02 Å². The largest absolute Gasteiger partial charge is 0.381 e. The zero-order valence-electron chi connectivity index (χ0n) is 19.8. The Morgan fingerprint density at radius 2 is 2.09 bits per heavy atom. The van der Waals surface area contributed by atoms with Crippen molar-refractivity contribution < 1.29 is 19.1 Å². The average Bonchev–Trinajstić information content (AvgIpc) is 3.26. The highest BCUT2D eigenvalue weighted by Crippen LogP contribution is 2.28. The second kappa shape index (κ2) is 12.9. The van der Waals surface area contributed by atoms with Gasteiger partial charge in [0, 0.05) is 50.0 Å². The van der Waals surface area contributed by atoms with E-state index in [9.17, 15) is 14.4 Å². The van der Waals surface area contributed by atoms with Crippen LogP contribution in [0.3, 0.4) is 0 Å². The van der Waals surface area contributed by atoms with E-state index in [0.717, 1.165) is 28.1 Å². The van der Waals surface area contributed by atoms with Crippen molar-refractivity contribution in [2.45, 2.75) is 57.9 Å². The molecule has 35 heavy (non-hydrogen) atoms. The summed E-state index contributed by atoms with van der Waals surface area (Å²) in [6.45, 7) is 6.48. The van der Waals surface area contributed by atoms with Gasteiger partial charge in [0.05, 0.1) is 26.7 Å². The van der Waals surface area contributed by atoms with Crippen LogP contribution >= 0.6 is 22.9 Å². The van der Waals surface area contributed by atoms with Crippen molar-refractivity contribution in [3.05, 3.63) is 40.4 Å². The maximum Gasteiger partial charge on any atom is 0.224 e. The van der Waals surface area contributed by atoms with E-state index >= 15 is 0 Å². The van der Waals surface area contributed by atoms with Crippen molar-refractivity contribution in [1.29, 1.82) is 5.26 Å². The van der Waals surface area contributed by atoms with Crippen LogP contribution in [-0.2, 0) is 25.5 Å². The topological polar surface area (TPSA) is 109 Å². The monoisotopic (exact) mass is 515 g/mol. The van der Waals surface area contributed by atoms with Gasteiger partial charge in [0.1, 0.15) is 11.9 Å². The molecule has 0 bridgehead atoms. The predicted molar refractivity (Wildman–Crippen MR) is 136 cm³/mol. The fourth-order valence-corrected chi connectivity index (χ4v) is 5.59. The number of nitrogens with zero attached hydrogens (tertiary/aromatic N) is 2. The minimum absolute atomic E-state index is 0.0115. The standard InChI is InChI=1S/C26H30ClN3O4S/c1-3-20(31)12-18(13-25-29-22-5-4-19(27)14-24(22)35-25)26(33)30-21(17-8-10-34-11-9-17)6-7-23(32)16(2)15-28/h4-5,14,17-18,21H,2-3,6-13H2,1H3,(H,30,33)/t18-,21+/m0/s1. The molecule has 1 amide bonds. The van der Waals surface area contributed by atoms with Gasteiger partial charge in [0.25, 0.3) is 0 Å². The Bertz CT molecular complexity index is 1130. The van der Waals surface area contributed by atoms with E-state index in [4.69, 9.17) is 21.6 Å². The highest BCUT2D eigenvalue weighted by molar-refractivity contribution is 7.18. The van der Waals surface area contributed by atoms with Crippen molar-refractivity contribution in [2.24, 2.45) is 11.8 Å². The molecule has 2 heterocycles. The van der Waals surface area contributed by atoms with E-state index in [1.807, 2.05) is 12.1 Å². The molecular formula is C26H30ClN3O4S. The fourth-order valence-electron chi connectivity index (χ4n) is 4.27. The number of benzene rings is 1. The molecule has 0 aliphatic carbocycles. The highest BCUT2D eigenvalue weighted by Gasteiger charge is 2.30. The molecule has 186 valence electrons.